The summed E-state index contributed by atoms with van der Waals surface area (Å²) in [6.45, 7) is 6.09. The Kier molecular flexibility index (Phi) is 2.98. The summed E-state index contributed by atoms with van der Waals surface area (Å²) in [6.07, 6.45) is 4.47. The van der Waals surface area contributed by atoms with E-state index in [2.05, 4.69) is 18.2 Å². The zero-order valence-electron chi connectivity index (χ0n) is 9.15. The predicted molar refractivity (Wildman–Crippen MR) is 56.1 cm³/mol. The number of carbonyl (C=O) groups excluding carboxylic acids is 1. The zero-order valence-corrected chi connectivity index (χ0v) is 9.15. The molecule has 84 valence electrons. The predicted octanol–water partition coefficient (Wildman–Crippen LogP) is 2.97. The van der Waals surface area contributed by atoms with E-state index in [9.17, 15) is 4.79 Å². The molecule has 2 rings (SSSR count). The van der Waals surface area contributed by atoms with Crippen molar-refractivity contribution in [3.8, 4) is 0 Å². The number of ether oxygens (including phenoxy) is 2. The highest BCUT2D eigenvalue weighted by atomic mass is 16.7. The molecule has 2 aliphatic carbocycles. The van der Waals surface area contributed by atoms with Crippen LogP contribution in [0, 0.1) is 23.7 Å². The molecule has 2 bridgehead atoms. The highest BCUT2D eigenvalue weighted by Gasteiger charge is 2.45. The molecule has 0 aromatic heterocycles. The standard InChI is InChI=1S/C12H18O3/c1-3-14-12(13)15-7-11-8(2)9-4-5-10(11)6-9/h3,8-11H,1,4-7H2,2H3. The third-order valence-electron chi connectivity index (χ3n) is 4.11. The number of carbonyl (C=O) groups is 1. The van der Waals surface area contributed by atoms with E-state index in [1.807, 2.05) is 0 Å². The average molecular weight is 210 g/mol. The summed E-state index contributed by atoms with van der Waals surface area (Å²) in [5, 5.41) is 0. The molecule has 0 heterocycles. The van der Waals surface area contributed by atoms with Crippen LogP contribution in [0.25, 0.3) is 0 Å². The minimum atomic E-state index is -0.625. The van der Waals surface area contributed by atoms with Crippen LogP contribution in [-0.2, 0) is 9.47 Å². The maximum atomic E-state index is 11.0. The van der Waals surface area contributed by atoms with E-state index >= 15 is 0 Å². The highest BCUT2D eigenvalue weighted by Crippen LogP contribution is 2.52. The Balaban J connectivity index is 1.80. The first-order valence-corrected chi connectivity index (χ1v) is 5.66. The Labute approximate surface area is 90.4 Å². The molecule has 3 heteroatoms. The lowest BCUT2D eigenvalue weighted by atomic mass is 9.81. The first kappa shape index (κ1) is 10.5. The van der Waals surface area contributed by atoms with Crippen molar-refractivity contribution >= 4 is 6.16 Å². The fraction of sp³-hybridized carbons (Fsp3) is 0.750. The SMILES string of the molecule is C=COC(=O)OCC1C2CCC(C2)C1C. The van der Waals surface area contributed by atoms with E-state index in [-0.39, 0.29) is 0 Å². The van der Waals surface area contributed by atoms with Crippen molar-refractivity contribution in [1.29, 1.82) is 0 Å². The van der Waals surface area contributed by atoms with Crippen LogP contribution in [-0.4, -0.2) is 12.8 Å². The van der Waals surface area contributed by atoms with E-state index in [1.54, 1.807) is 0 Å². The summed E-state index contributed by atoms with van der Waals surface area (Å²) in [7, 11) is 0. The molecular weight excluding hydrogens is 192 g/mol. The maximum absolute atomic E-state index is 11.0. The van der Waals surface area contributed by atoms with E-state index in [1.165, 1.54) is 19.3 Å². The molecule has 15 heavy (non-hydrogen) atoms. The van der Waals surface area contributed by atoms with Crippen LogP contribution in [0.1, 0.15) is 26.2 Å². The molecule has 0 spiro atoms. The first-order chi connectivity index (χ1) is 7.22. The monoisotopic (exact) mass is 210 g/mol. The van der Waals surface area contributed by atoms with Crippen molar-refractivity contribution in [3.63, 3.8) is 0 Å². The summed E-state index contributed by atoms with van der Waals surface area (Å²) in [6, 6.07) is 0. The Morgan fingerprint density at radius 1 is 1.47 bits per heavy atom. The van der Waals surface area contributed by atoms with Crippen molar-refractivity contribution < 1.29 is 14.3 Å². The zero-order chi connectivity index (χ0) is 10.8. The molecule has 0 saturated heterocycles. The minimum absolute atomic E-state index is 0.509. The van der Waals surface area contributed by atoms with Crippen molar-refractivity contribution in [2.45, 2.75) is 26.2 Å². The van der Waals surface area contributed by atoms with Crippen molar-refractivity contribution in [3.05, 3.63) is 12.8 Å². The number of rotatable bonds is 3. The van der Waals surface area contributed by atoms with Gasteiger partial charge in [-0.2, -0.15) is 0 Å². The fourth-order valence-electron chi connectivity index (χ4n) is 3.25. The van der Waals surface area contributed by atoms with Crippen molar-refractivity contribution in [2.24, 2.45) is 23.7 Å². The third-order valence-corrected chi connectivity index (χ3v) is 4.11. The van der Waals surface area contributed by atoms with Crippen LogP contribution in [0.5, 0.6) is 0 Å². The van der Waals surface area contributed by atoms with E-state index < -0.39 is 6.16 Å². The van der Waals surface area contributed by atoms with Gasteiger partial charge in [-0.3, -0.25) is 0 Å². The second-order valence-corrected chi connectivity index (χ2v) is 4.70. The van der Waals surface area contributed by atoms with Crippen LogP contribution in [0.2, 0.25) is 0 Å². The largest absolute Gasteiger partial charge is 0.513 e. The number of hydrogen-bond acceptors (Lipinski definition) is 3. The number of hydrogen-bond donors (Lipinski definition) is 0. The number of fused-ring (bicyclic) bond motifs is 2. The Morgan fingerprint density at radius 2 is 2.20 bits per heavy atom. The molecule has 0 aromatic rings. The van der Waals surface area contributed by atoms with Crippen LogP contribution in [0.4, 0.5) is 4.79 Å². The first-order valence-electron chi connectivity index (χ1n) is 5.66. The lowest BCUT2D eigenvalue weighted by Gasteiger charge is -2.27. The Hall–Kier alpha value is -0.990. The molecule has 0 N–H and O–H groups in total. The van der Waals surface area contributed by atoms with Gasteiger partial charge in [0.15, 0.2) is 0 Å². The van der Waals surface area contributed by atoms with Gasteiger partial charge >= 0.3 is 6.16 Å². The van der Waals surface area contributed by atoms with Crippen molar-refractivity contribution in [2.75, 3.05) is 6.61 Å². The second-order valence-electron chi connectivity index (χ2n) is 4.70. The van der Waals surface area contributed by atoms with E-state index in [4.69, 9.17) is 4.74 Å². The van der Waals surface area contributed by atoms with Crippen LogP contribution >= 0.6 is 0 Å². The van der Waals surface area contributed by atoms with E-state index in [0.29, 0.717) is 18.4 Å². The fourth-order valence-corrected chi connectivity index (χ4v) is 3.25. The molecule has 0 amide bonds. The van der Waals surface area contributed by atoms with Gasteiger partial charge in [-0.05, 0) is 42.9 Å². The van der Waals surface area contributed by atoms with Gasteiger partial charge < -0.3 is 9.47 Å². The summed E-state index contributed by atoms with van der Waals surface area (Å²) < 4.78 is 9.58. The normalized spacial score (nSPS) is 37.7. The van der Waals surface area contributed by atoms with E-state index in [0.717, 1.165) is 18.1 Å². The smallest absolute Gasteiger partial charge is 0.434 e. The molecule has 2 aliphatic rings. The molecule has 4 unspecified atom stereocenters. The molecular formula is C12H18O3. The lowest BCUT2D eigenvalue weighted by Crippen LogP contribution is -2.25. The molecule has 3 nitrogen and oxygen atoms in total. The molecule has 0 aromatic carbocycles. The summed E-state index contributed by atoms with van der Waals surface area (Å²) in [5.41, 5.74) is 0. The topological polar surface area (TPSA) is 35.5 Å². The van der Waals surface area contributed by atoms with Crippen LogP contribution < -0.4 is 0 Å². The Morgan fingerprint density at radius 3 is 2.80 bits per heavy atom. The van der Waals surface area contributed by atoms with Crippen LogP contribution in [0.3, 0.4) is 0 Å². The molecule has 2 fully saturated rings. The third kappa shape index (κ3) is 2.01. The van der Waals surface area contributed by atoms with Gasteiger partial charge in [0, 0.05) is 0 Å². The highest BCUT2D eigenvalue weighted by molar-refractivity contribution is 5.60. The van der Waals surface area contributed by atoms with Gasteiger partial charge in [-0.1, -0.05) is 13.5 Å². The van der Waals surface area contributed by atoms with Gasteiger partial charge in [0.2, 0.25) is 0 Å². The summed E-state index contributed by atoms with van der Waals surface area (Å²) in [4.78, 5) is 11.0. The van der Waals surface area contributed by atoms with Gasteiger partial charge in [0.05, 0.1) is 12.9 Å². The summed E-state index contributed by atoms with van der Waals surface area (Å²) in [5.74, 6) is 2.86. The van der Waals surface area contributed by atoms with Gasteiger partial charge in [0.1, 0.15) is 0 Å². The Bertz CT molecular complexity index is 260. The van der Waals surface area contributed by atoms with Crippen LogP contribution in [0.15, 0.2) is 12.8 Å². The maximum Gasteiger partial charge on any atom is 0.513 e. The second kappa shape index (κ2) is 4.25. The molecule has 4 atom stereocenters. The lowest BCUT2D eigenvalue weighted by molar-refractivity contribution is 0.0502. The van der Waals surface area contributed by atoms with Gasteiger partial charge in [0.25, 0.3) is 0 Å². The molecule has 0 aliphatic heterocycles. The molecule has 0 radical (unpaired) electrons. The minimum Gasteiger partial charge on any atom is -0.434 e. The summed E-state index contributed by atoms with van der Waals surface area (Å²) >= 11 is 0. The van der Waals surface area contributed by atoms with Gasteiger partial charge in [-0.15, -0.1) is 0 Å². The molecule has 2 saturated carbocycles. The quantitative estimate of drug-likeness (QED) is 0.530. The van der Waals surface area contributed by atoms with Gasteiger partial charge in [-0.25, -0.2) is 4.79 Å². The average Bonchev–Trinajstić information content (AvgIpc) is 2.76. The van der Waals surface area contributed by atoms with Crippen molar-refractivity contribution in [1.82, 2.24) is 0 Å².